The maximum Gasteiger partial charge on any atom is 0.279 e. The number of anilines is 1. The van der Waals surface area contributed by atoms with Gasteiger partial charge in [0.25, 0.3) is 5.91 Å². The van der Waals surface area contributed by atoms with Gasteiger partial charge in [0.05, 0.1) is 7.11 Å². The summed E-state index contributed by atoms with van der Waals surface area (Å²) < 4.78 is 5.49. The van der Waals surface area contributed by atoms with Gasteiger partial charge >= 0.3 is 0 Å². The predicted octanol–water partition coefficient (Wildman–Crippen LogP) is 0.437. The predicted molar refractivity (Wildman–Crippen MR) is 118 cm³/mol. The van der Waals surface area contributed by atoms with Gasteiger partial charge in [0, 0.05) is 16.8 Å². The van der Waals surface area contributed by atoms with Crippen molar-refractivity contribution in [3.8, 4) is 5.75 Å². The number of hydrogen-bond donors (Lipinski definition) is 3. The number of ether oxygens (including phenoxy) is 1. The Labute approximate surface area is 178 Å². The maximum atomic E-state index is 12.6. The smallest absolute Gasteiger partial charge is 0.279 e. The quantitative estimate of drug-likeness (QED) is 0.580. The fourth-order valence-electron chi connectivity index (χ4n) is 4.14. The Balaban J connectivity index is 1.53. The first-order valence-electron chi connectivity index (χ1n) is 10.6. The standard InChI is InChI=1S/C24H31N3O3/c1-17-6-5-7-18(2)24(17)25-23(29)16-27-12-10-26(11-13-27)15-21-14-20(19(3)28)8-9-22(21)30-4/h5-9,14H,10-13,15-16H2,1-4H3,(H,25,29)/p+2. The number of carbonyl (C=O) groups is 2. The van der Waals surface area contributed by atoms with Gasteiger partial charge in [0.2, 0.25) is 0 Å². The molecule has 2 aromatic carbocycles. The van der Waals surface area contributed by atoms with Gasteiger partial charge in [0.1, 0.15) is 38.5 Å². The molecule has 1 heterocycles. The van der Waals surface area contributed by atoms with Crippen molar-refractivity contribution in [2.45, 2.75) is 27.3 Å². The van der Waals surface area contributed by atoms with Crippen LogP contribution < -0.4 is 19.9 Å². The van der Waals surface area contributed by atoms with Crippen LogP contribution in [0.2, 0.25) is 0 Å². The molecule has 0 bridgehead atoms. The molecule has 30 heavy (non-hydrogen) atoms. The first kappa shape index (κ1) is 22.0. The average molecular weight is 412 g/mol. The van der Waals surface area contributed by atoms with Crippen molar-refractivity contribution in [1.82, 2.24) is 0 Å². The number of quaternary nitrogens is 2. The van der Waals surface area contributed by atoms with E-state index >= 15 is 0 Å². The lowest BCUT2D eigenvalue weighted by Crippen LogP contribution is -3.28. The molecule has 1 amide bonds. The van der Waals surface area contributed by atoms with Crippen molar-refractivity contribution in [1.29, 1.82) is 0 Å². The van der Waals surface area contributed by atoms with Crippen molar-refractivity contribution in [3.63, 3.8) is 0 Å². The van der Waals surface area contributed by atoms with E-state index in [1.807, 2.05) is 50.2 Å². The number of aryl methyl sites for hydroxylation is 2. The van der Waals surface area contributed by atoms with Gasteiger partial charge in [-0.25, -0.2) is 0 Å². The third-order valence-corrected chi connectivity index (χ3v) is 5.95. The maximum absolute atomic E-state index is 12.6. The van der Waals surface area contributed by atoms with Crippen molar-refractivity contribution < 1.29 is 24.1 Å². The highest BCUT2D eigenvalue weighted by Crippen LogP contribution is 2.20. The Bertz CT molecular complexity index is 898. The van der Waals surface area contributed by atoms with E-state index in [2.05, 4.69) is 5.32 Å². The van der Waals surface area contributed by atoms with Crippen LogP contribution in [0.25, 0.3) is 0 Å². The number of carbonyl (C=O) groups excluding carboxylic acids is 2. The van der Waals surface area contributed by atoms with Gasteiger partial charge in [-0.2, -0.15) is 0 Å². The van der Waals surface area contributed by atoms with Crippen LogP contribution in [0.3, 0.4) is 0 Å². The van der Waals surface area contributed by atoms with Crippen LogP contribution in [0.5, 0.6) is 5.75 Å². The summed E-state index contributed by atoms with van der Waals surface area (Å²) in [4.78, 5) is 27.0. The van der Waals surface area contributed by atoms with Gasteiger partial charge in [-0.05, 0) is 50.1 Å². The molecule has 6 heteroatoms. The normalized spacial score (nSPS) is 18.7. The Kier molecular flexibility index (Phi) is 7.24. The summed E-state index contributed by atoms with van der Waals surface area (Å²) >= 11 is 0. The molecule has 0 atom stereocenters. The summed E-state index contributed by atoms with van der Waals surface area (Å²) in [5.41, 5.74) is 4.90. The molecule has 0 saturated carbocycles. The molecule has 0 radical (unpaired) electrons. The number of para-hydroxylation sites is 1. The number of Topliss-reactive ketones (excluding diaryl/α,β-unsaturated/α-hetero) is 1. The van der Waals surface area contributed by atoms with E-state index in [0.717, 1.165) is 66.4 Å². The van der Waals surface area contributed by atoms with Crippen LogP contribution in [0, 0.1) is 13.8 Å². The largest absolute Gasteiger partial charge is 0.496 e. The van der Waals surface area contributed by atoms with Gasteiger partial charge < -0.3 is 19.9 Å². The third-order valence-electron chi connectivity index (χ3n) is 5.95. The van der Waals surface area contributed by atoms with E-state index in [9.17, 15) is 9.59 Å². The van der Waals surface area contributed by atoms with Crippen molar-refractivity contribution in [3.05, 3.63) is 58.7 Å². The number of ketones is 1. The molecular weight excluding hydrogens is 378 g/mol. The zero-order valence-corrected chi connectivity index (χ0v) is 18.4. The lowest BCUT2D eigenvalue weighted by atomic mass is 10.1. The second kappa shape index (κ2) is 9.87. The van der Waals surface area contributed by atoms with Crippen molar-refractivity contribution in [2.75, 3.05) is 45.2 Å². The summed E-state index contributed by atoms with van der Waals surface area (Å²) in [5, 5.41) is 3.09. The molecule has 1 fully saturated rings. The SMILES string of the molecule is COc1ccc(C(C)=O)cc1C[NH+]1CC[NH+](CC(=O)Nc2c(C)cccc2C)CC1. The van der Waals surface area contributed by atoms with E-state index in [1.165, 1.54) is 9.80 Å². The lowest BCUT2D eigenvalue weighted by Gasteiger charge is -2.29. The second-order valence-electron chi connectivity index (χ2n) is 8.25. The fraction of sp³-hybridized carbons (Fsp3) is 0.417. The molecule has 160 valence electrons. The number of methoxy groups -OCH3 is 1. The van der Waals surface area contributed by atoms with E-state index in [-0.39, 0.29) is 11.7 Å². The number of benzene rings is 2. The Morgan fingerprint density at radius 1 is 1.00 bits per heavy atom. The van der Waals surface area contributed by atoms with Gasteiger partial charge in [0.15, 0.2) is 12.3 Å². The van der Waals surface area contributed by atoms with Crippen molar-refractivity contribution in [2.24, 2.45) is 0 Å². The van der Waals surface area contributed by atoms with Crippen LogP contribution in [0.4, 0.5) is 5.69 Å². The number of nitrogens with one attached hydrogen (secondary N) is 3. The highest BCUT2D eigenvalue weighted by molar-refractivity contribution is 5.94. The monoisotopic (exact) mass is 411 g/mol. The van der Waals surface area contributed by atoms with E-state index in [1.54, 1.807) is 14.0 Å². The molecule has 1 aliphatic heterocycles. The Hall–Kier alpha value is -2.70. The van der Waals surface area contributed by atoms with Crippen LogP contribution in [0.1, 0.15) is 34.0 Å². The number of piperazine rings is 1. The highest BCUT2D eigenvalue weighted by Gasteiger charge is 2.26. The van der Waals surface area contributed by atoms with E-state index < -0.39 is 0 Å². The number of hydrogen-bond acceptors (Lipinski definition) is 3. The molecule has 3 rings (SSSR count). The van der Waals surface area contributed by atoms with E-state index in [4.69, 9.17) is 4.74 Å². The zero-order valence-electron chi connectivity index (χ0n) is 18.4. The Morgan fingerprint density at radius 2 is 1.63 bits per heavy atom. The third kappa shape index (κ3) is 5.46. The average Bonchev–Trinajstić information content (AvgIpc) is 2.72. The summed E-state index contributed by atoms with van der Waals surface area (Å²) in [6.07, 6.45) is 0. The Morgan fingerprint density at radius 3 is 2.23 bits per heavy atom. The second-order valence-corrected chi connectivity index (χ2v) is 8.25. The van der Waals surface area contributed by atoms with Crippen LogP contribution in [0.15, 0.2) is 36.4 Å². The summed E-state index contributed by atoms with van der Waals surface area (Å²) in [5.74, 6) is 0.968. The molecule has 6 nitrogen and oxygen atoms in total. The molecule has 0 aromatic heterocycles. The molecule has 0 unspecified atom stereocenters. The van der Waals surface area contributed by atoms with Crippen LogP contribution in [-0.2, 0) is 11.3 Å². The molecule has 0 spiro atoms. The molecule has 1 saturated heterocycles. The minimum Gasteiger partial charge on any atom is -0.496 e. The van der Waals surface area contributed by atoms with Crippen LogP contribution >= 0.6 is 0 Å². The number of amides is 1. The molecule has 1 aliphatic rings. The minimum absolute atomic E-state index is 0.0677. The first-order chi connectivity index (χ1) is 14.4. The number of rotatable bonds is 7. The first-order valence-corrected chi connectivity index (χ1v) is 10.6. The molecule has 3 N–H and O–H groups in total. The lowest BCUT2D eigenvalue weighted by molar-refractivity contribution is -1.02. The summed E-state index contributed by atoms with van der Waals surface area (Å²) in [7, 11) is 1.67. The van der Waals surface area contributed by atoms with Crippen LogP contribution in [-0.4, -0.2) is 51.5 Å². The molecule has 0 aliphatic carbocycles. The van der Waals surface area contributed by atoms with Gasteiger partial charge in [-0.1, -0.05) is 18.2 Å². The van der Waals surface area contributed by atoms with Crippen molar-refractivity contribution >= 4 is 17.4 Å². The van der Waals surface area contributed by atoms with E-state index in [0.29, 0.717) is 6.54 Å². The minimum atomic E-state index is 0.0677. The summed E-state index contributed by atoms with van der Waals surface area (Å²) in [6.45, 7) is 10.8. The highest BCUT2D eigenvalue weighted by atomic mass is 16.5. The molecular formula is C24H33N3O3+2. The van der Waals surface area contributed by atoms with Gasteiger partial charge in [-0.15, -0.1) is 0 Å². The molecule has 2 aromatic rings. The van der Waals surface area contributed by atoms with Gasteiger partial charge in [-0.3, -0.25) is 9.59 Å². The fourth-order valence-corrected chi connectivity index (χ4v) is 4.14. The zero-order chi connectivity index (χ0) is 21.7. The summed E-state index contributed by atoms with van der Waals surface area (Å²) in [6, 6.07) is 11.7. The topological polar surface area (TPSA) is 64.3 Å².